The van der Waals surface area contributed by atoms with Crippen molar-refractivity contribution in [2.45, 2.75) is 194 Å². The first-order valence-corrected chi connectivity index (χ1v) is 19.1. The van der Waals surface area contributed by atoms with Crippen LogP contribution in [0.5, 0.6) is 0 Å². The Labute approximate surface area is 253 Å². The van der Waals surface area contributed by atoms with Crippen LogP contribution in [0.4, 0.5) is 0 Å². The topological polar surface area (TPSA) is 86.7 Å². The fourth-order valence-electron chi connectivity index (χ4n) is 5.14. The summed E-state index contributed by atoms with van der Waals surface area (Å²) in [6.07, 6.45) is 32.2. The van der Waals surface area contributed by atoms with E-state index < -0.39 is 25.7 Å². The summed E-state index contributed by atoms with van der Waals surface area (Å²) in [4.78, 5) is 35.2. The Morgan fingerprint density at radius 2 is 0.707 bits per heavy atom. The van der Waals surface area contributed by atoms with Crippen LogP contribution in [0, 0.1) is 0 Å². The van der Waals surface area contributed by atoms with Crippen LogP contribution in [0.25, 0.3) is 0 Å². The number of carbonyl (C=O) groups excluding carboxylic acids is 3. The van der Waals surface area contributed by atoms with Crippen LogP contribution in [-0.2, 0) is 28.0 Å². The zero-order chi connectivity index (χ0) is 30.3. The molecule has 1 radical (unpaired) electrons. The predicted molar refractivity (Wildman–Crippen MR) is 171 cm³/mol. The molecule has 0 unspecified atom stereocenters. The Morgan fingerprint density at radius 1 is 0.463 bits per heavy atom. The predicted octanol–water partition coefficient (Wildman–Crippen LogP) is 11.3. The fourth-order valence-corrected chi connectivity index (χ4v) is 6.27. The summed E-state index contributed by atoms with van der Waals surface area (Å²) >= 11 is 0. The minimum absolute atomic E-state index is 0.108. The van der Waals surface area contributed by atoms with Crippen LogP contribution in [0.15, 0.2) is 0 Å². The van der Waals surface area contributed by atoms with Gasteiger partial charge in [0.2, 0.25) is 6.29 Å². The Balaban J connectivity index is 3.82. The van der Waals surface area contributed by atoms with Gasteiger partial charge in [-0.1, -0.05) is 168 Å². The molecule has 0 atom stereocenters. The summed E-state index contributed by atoms with van der Waals surface area (Å²) in [6.45, 7) is 4.49. The molecule has 0 aliphatic rings. The highest BCUT2D eigenvalue weighted by atomic mass is 31.2. The van der Waals surface area contributed by atoms with E-state index in [9.17, 15) is 18.9 Å². The van der Waals surface area contributed by atoms with Crippen molar-refractivity contribution in [3.05, 3.63) is 0 Å². The normalized spacial score (nSPS) is 11.5. The molecule has 0 amide bonds. The lowest BCUT2D eigenvalue weighted by Crippen LogP contribution is -2.11. The van der Waals surface area contributed by atoms with Gasteiger partial charge in [0, 0.05) is 12.8 Å². The summed E-state index contributed by atoms with van der Waals surface area (Å²) in [5.41, 5.74) is 0. The molecule has 0 saturated carbocycles. The van der Waals surface area contributed by atoms with Crippen molar-refractivity contribution < 1.29 is 28.0 Å². The van der Waals surface area contributed by atoms with Crippen molar-refractivity contribution in [3.63, 3.8) is 0 Å². The quantitative estimate of drug-likeness (QED) is 0.0564. The lowest BCUT2D eigenvalue weighted by atomic mass is 10.0. The number of carbonyl (C=O) groups is 2. The van der Waals surface area contributed by atoms with Crippen LogP contribution >= 0.6 is 7.60 Å². The van der Waals surface area contributed by atoms with Gasteiger partial charge in [0.1, 0.15) is 6.16 Å². The molecular weight excluding hydrogens is 535 g/mol. The maximum absolute atomic E-state index is 12.8. The molecule has 7 heteroatoms. The SMILES string of the molecule is CCCCCCCCCCCCCCCC(=O)OP(=O)(C[C]=O)OC(=O)CCCCCCCCCCCCCCC. The molecule has 0 aromatic heterocycles. The van der Waals surface area contributed by atoms with E-state index in [0.29, 0.717) is 12.8 Å². The first-order valence-electron chi connectivity index (χ1n) is 17.4. The zero-order valence-electron chi connectivity index (χ0n) is 26.9. The molecule has 0 aliphatic heterocycles. The minimum Gasteiger partial charge on any atom is -0.383 e. The second-order valence-electron chi connectivity index (χ2n) is 11.8. The lowest BCUT2D eigenvalue weighted by molar-refractivity contribution is -0.138. The van der Waals surface area contributed by atoms with Crippen LogP contribution < -0.4 is 0 Å². The van der Waals surface area contributed by atoms with E-state index in [1.807, 2.05) is 0 Å². The summed E-state index contributed by atoms with van der Waals surface area (Å²) in [5, 5.41) is 0. The second kappa shape index (κ2) is 30.3. The molecule has 41 heavy (non-hydrogen) atoms. The average Bonchev–Trinajstić information content (AvgIpc) is 2.93. The number of unbranched alkanes of at least 4 members (excludes halogenated alkanes) is 24. The molecule has 0 heterocycles. The van der Waals surface area contributed by atoms with Crippen LogP contribution in [0.3, 0.4) is 0 Å². The highest BCUT2D eigenvalue weighted by Crippen LogP contribution is 2.48. The van der Waals surface area contributed by atoms with E-state index in [1.54, 1.807) is 0 Å². The van der Waals surface area contributed by atoms with Crippen LogP contribution in [-0.4, -0.2) is 24.4 Å². The molecule has 0 aliphatic carbocycles. The van der Waals surface area contributed by atoms with Gasteiger partial charge in [-0.05, 0) is 12.8 Å². The molecule has 0 bridgehead atoms. The molecule has 0 rings (SSSR count). The van der Waals surface area contributed by atoms with Crippen LogP contribution in [0.1, 0.15) is 194 Å². The van der Waals surface area contributed by atoms with Crippen molar-refractivity contribution in [3.8, 4) is 0 Å². The van der Waals surface area contributed by atoms with E-state index in [1.165, 1.54) is 122 Å². The van der Waals surface area contributed by atoms with Crippen molar-refractivity contribution in [2.24, 2.45) is 0 Å². The maximum Gasteiger partial charge on any atom is 0.442 e. The molecule has 0 spiro atoms. The van der Waals surface area contributed by atoms with Gasteiger partial charge in [-0.15, -0.1) is 0 Å². The Morgan fingerprint density at radius 3 is 0.951 bits per heavy atom. The molecular formula is C34H64O6P. The van der Waals surface area contributed by atoms with Gasteiger partial charge in [0.15, 0.2) is 0 Å². The highest BCUT2D eigenvalue weighted by Gasteiger charge is 2.32. The van der Waals surface area contributed by atoms with Gasteiger partial charge in [-0.25, -0.2) is 4.57 Å². The van der Waals surface area contributed by atoms with Gasteiger partial charge >= 0.3 is 19.5 Å². The third-order valence-electron chi connectivity index (χ3n) is 7.71. The zero-order valence-corrected chi connectivity index (χ0v) is 27.8. The van der Waals surface area contributed by atoms with Gasteiger partial charge < -0.3 is 9.05 Å². The molecule has 0 N–H and O–H groups in total. The first kappa shape index (κ1) is 39.8. The summed E-state index contributed by atoms with van der Waals surface area (Å²) in [7, 11) is -4.13. The average molecular weight is 600 g/mol. The van der Waals surface area contributed by atoms with Gasteiger partial charge in [0.05, 0.1) is 0 Å². The van der Waals surface area contributed by atoms with Gasteiger partial charge in [-0.2, -0.15) is 0 Å². The Kier molecular flexibility index (Phi) is 29.4. The third-order valence-corrected chi connectivity index (χ3v) is 9.19. The summed E-state index contributed by atoms with van der Waals surface area (Å²) in [5.74, 6) is -1.36. The Bertz CT molecular complexity index is 618. The fraction of sp³-hybridized carbons (Fsp3) is 0.912. The van der Waals surface area contributed by atoms with E-state index in [0.717, 1.165) is 38.5 Å². The molecule has 0 fully saturated rings. The van der Waals surface area contributed by atoms with Crippen LogP contribution in [0.2, 0.25) is 0 Å². The molecule has 6 nitrogen and oxygen atoms in total. The second-order valence-corrected chi connectivity index (χ2v) is 13.7. The van der Waals surface area contributed by atoms with E-state index >= 15 is 0 Å². The molecule has 0 aromatic rings. The smallest absolute Gasteiger partial charge is 0.383 e. The van der Waals surface area contributed by atoms with Crippen molar-refractivity contribution in [1.82, 2.24) is 0 Å². The first-order chi connectivity index (χ1) is 20.0. The molecule has 0 aromatic carbocycles. The number of rotatable bonds is 32. The highest BCUT2D eigenvalue weighted by molar-refractivity contribution is 7.55. The Hall–Kier alpha value is -1.16. The van der Waals surface area contributed by atoms with Gasteiger partial charge in [0.25, 0.3) is 0 Å². The monoisotopic (exact) mass is 599 g/mol. The van der Waals surface area contributed by atoms with Crippen molar-refractivity contribution in [2.75, 3.05) is 6.16 Å². The van der Waals surface area contributed by atoms with Crippen molar-refractivity contribution >= 4 is 25.8 Å². The lowest BCUT2D eigenvalue weighted by Gasteiger charge is -2.15. The summed E-state index contributed by atoms with van der Waals surface area (Å²) < 4.78 is 22.7. The van der Waals surface area contributed by atoms with Crippen molar-refractivity contribution in [1.29, 1.82) is 0 Å². The van der Waals surface area contributed by atoms with Gasteiger partial charge in [-0.3, -0.25) is 14.4 Å². The van der Waals surface area contributed by atoms with E-state index in [4.69, 9.17) is 9.05 Å². The number of hydrogen-bond acceptors (Lipinski definition) is 6. The minimum atomic E-state index is -4.13. The van der Waals surface area contributed by atoms with E-state index in [2.05, 4.69) is 13.8 Å². The summed E-state index contributed by atoms with van der Waals surface area (Å²) in [6, 6.07) is 0. The van der Waals surface area contributed by atoms with E-state index in [-0.39, 0.29) is 12.8 Å². The molecule has 241 valence electrons. The largest absolute Gasteiger partial charge is 0.442 e. The number of hydrogen-bond donors (Lipinski definition) is 0. The standard InChI is InChI=1S/C34H64O6P/c1-3-5-7-9-11-13-15-17-19-21-23-25-27-29-33(36)39-41(38,32-31-35)40-34(37)30-28-26-24-22-20-18-16-14-12-10-8-6-4-2/h3-30,32H2,1-2H3. The third kappa shape index (κ3) is 28.7. The maximum atomic E-state index is 12.8. The molecule has 0 saturated heterocycles.